The Balaban J connectivity index is 1.68. The van der Waals surface area contributed by atoms with Gasteiger partial charge in [-0.25, -0.2) is 0 Å². The third kappa shape index (κ3) is 1.43. The van der Waals surface area contributed by atoms with Gasteiger partial charge in [0.1, 0.15) is 0 Å². The molecule has 22 heavy (non-hydrogen) atoms. The zero-order valence-corrected chi connectivity index (χ0v) is 13.4. The van der Waals surface area contributed by atoms with E-state index in [0.29, 0.717) is 11.6 Å². The second kappa shape index (κ2) is 3.94. The van der Waals surface area contributed by atoms with E-state index in [1.165, 1.54) is 30.5 Å². The van der Waals surface area contributed by atoms with Crippen molar-refractivity contribution < 1.29 is 4.79 Å². The zero-order chi connectivity index (χ0) is 15.2. The third-order valence-electron chi connectivity index (χ3n) is 7.40. The molecule has 7 atom stereocenters. The van der Waals surface area contributed by atoms with E-state index in [9.17, 15) is 4.79 Å². The zero-order valence-electron chi connectivity index (χ0n) is 13.4. The van der Waals surface area contributed by atoms with Gasteiger partial charge < -0.3 is 5.73 Å². The van der Waals surface area contributed by atoms with Crippen LogP contribution in [0.2, 0.25) is 0 Å². The van der Waals surface area contributed by atoms with Gasteiger partial charge in [-0.15, -0.1) is 0 Å². The monoisotopic (exact) mass is 296 g/mol. The highest BCUT2D eigenvalue weighted by atomic mass is 16.1. The summed E-state index contributed by atoms with van der Waals surface area (Å²) in [5, 5.41) is 0. The predicted molar refractivity (Wildman–Crippen MR) is 85.7 cm³/mol. The lowest BCUT2D eigenvalue weighted by atomic mass is 9.55. The minimum atomic E-state index is -0.299. The quantitative estimate of drug-likeness (QED) is 0.864. The number of hydrogen-bond donors (Lipinski definition) is 1. The first-order valence-corrected chi connectivity index (χ1v) is 8.69. The minimum absolute atomic E-state index is 0.236. The minimum Gasteiger partial charge on any atom is -0.366 e. The van der Waals surface area contributed by atoms with Crippen molar-refractivity contribution in [1.82, 2.24) is 4.90 Å². The van der Waals surface area contributed by atoms with Crippen LogP contribution in [0.3, 0.4) is 0 Å². The van der Waals surface area contributed by atoms with Crippen LogP contribution in [0.4, 0.5) is 0 Å². The van der Waals surface area contributed by atoms with Gasteiger partial charge >= 0.3 is 0 Å². The van der Waals surface area contributed by atoms with Crippen molar-refractivity contribution in [3.05, 3.63) is 34.9 Å². The molecule has 5 rings (SSSR count). The second-order valence-corrected chi connectivity index (χ2v) is 8.24. The highest BCUT2D eigenvalue weighted by Gasteiger charge is 2.64. The van der Waals surface area contributed by atoms with Crippen molar-refractivity contribution in [2.24, 2.45) is 23.5 Å². The average Bonchev–Trinajstić information content (AvgIpc) is 3.26. The fourth-order valence-corrected chi connectivity index (χ4v) is 6.26. The van der Waals surface area contributed by atoms with Gasteiger partial charge in [-0.2, -0.15) is 0 Å². The molecule has 4 bridgehead atoms. The Morgan fingerprint density at radius 1 is 1.36 bits per heavy atom. The summed E-state index contributed by atoms with van der Waals surface area (Å²) in [6.07, 6.45) is 3.79. The van der Waals surface area contributed by atoms with E-state index >= 15 is 0 Å². The normalized spacial score (nSPS) is 47.4. The SMILES string of the molecule is C[C@@H]1C2CC2[C@H]2[C@H]3Cc4ccc(C(N)=O)cc4[C@@]2(C)CCN13. The van der Waals surface area contributed by atoms with Crippen molar-refractivity contribution in [3.8, 4) is 0 Å². The fraction of sp³-hybridized carbons (Fsp3) is 0.632. The average molecular weight is 296 g/mol. The molecule has 2 aliphatic carbocycles. The largest absolute Gasteiger partial charge is 0.366 e. The summed E-state index contributed by atoms with van der Waals surface area (Å²) in [6.45, 7) is 6.10. The van der Waals surface area contributed by atoms with Gasteiger partial charge in [-0.1, -0.05) is 13.0 Å². The Labute approximate surface area is 131 Å². The maximum absolute atomic E-state index is 11.6. The lowest BCUT2D eigenvalue weighted by Gasteiger charge is -2.60. The molecule has 3 unspecified atom stereocenters. The maximum Gasteiger partial charge on any atom is 0.248 e. The molecule has 3 nitrogen and oxygen atoms in total. The van der Waals surface area contributed by atoms with Crippen LogP contribution in [0.25, 0.3) is 0 Å². The van der Waals surface area contributed by atoms with Crippen molar-refractivity contribution in [3.63, 3.8) is 0 Å². The Morgan fingerprint density at radius 3 is 2.95 bits per heavy atom. The van der Waals surface area contributed by atoms with Gasteiger partial charge in [0.05, 0.1) is 0 Å². The van der Waals surface area contributed by atoms with E-state index in [2.05, 4.69) is 30.9 Å². The molecule has 1 aromatic rings. The van der Waals surface area contributed by atoms with E-state index in [1.807, 2.05) is 6.07 Å². The van der Waals surface area contributed by atoms with E-state index in [1.54, 1.807) is 0 Å². The summed E-state index contributed by atoms with van der Waals surface area (Å²) < 4.78 is 0. The molecule has 0 spiro atoms. The van der Waals surface area contributed by atoms with Gasteiger partial charge in [0.15, 0.2) is 0 Å². The summed E-state index contributed by atoms with van der Waals surface area (Å²) in [7, 11) is 0. The predicted octanol–water partition coefficient (Wildman–Crippen LogP) is 2.33. The first-order valence-electron chi connectivity index (χ1n) is 8.69. The van der Waals surface area contributed by atoms with E-state index in [-0.39, 0.29) is 11.3 Å². The van der Waals surface area contributed by atoms with Gasteiger partial charge in [0.25, 0.3) is 0 Å². The van der Waals surface area contributed by atoms with Crippen molar-refractivity contribution >= 4 is 5.91 Å². The molecule has 1 amide bonds. The maximum atomic E-state index is 11.6. The molecular formula is C19H24N2O. The van der Waals surface area contributed by atoms with Gasteiger partial charge in [-0.3, -0.25) is 9.69 Å². The number of piperidine rings is 2. The number of carbonyl (C=O) groups excluding carboxylic acids is 1. The van der Waals surface area contributed by atoms with Crippen LogP contribution in [0.1, 0.15) is 48.2 Å². The molecule has 0 radical (unpaired) electrons. The number of fused-ring (bicyclic) bond motifs is 3. The molecular weight excluding hydrogens is 272 g/mol. The van der Waals surface area contributed by atoms with Gasteiger partial charge in [0.2, 0.25) is 5.91 Å². The molecule has 3 fully saturated rings. The number of nitrogens with zero attached hydrogens (tertiary/aromatic N) is 1. The van der Waals surface area contributed by atoms with Crippen LogP contribution in [0.5, 0.6) is 0 Å². The van der Waals surface area contributed by atoms with Gasteiger partial charge in [0, 0.05) is 17.6 Å². The van der Waals surface area contributed by atoms with E-state index in [0.717, 1.165) is 30.2 Å². The molecule has 116 valence electrons. The van der Waals surface area contributed by atoms with E-state index in [4.69, 9.17) is 5.73 Å². The van der Waals surface area contributed by atoms with Crippen molar-refractivity contribution in [2.45, 2.75) is 50.6 Å². The van der Waals surface area contributed by atoms with Crippen LogP contribution in [-0.4, -0.2) is 29.4 Å². The number of nitrogens with two attached hydrogens (primary N) is 1. The summed E-state index contributed by atoms with van der Waals surface area (Å²) >= 11 is 0. The van der Waals surface area contributed by atoms with Crippen molar-refractivity contribution in [2.75, 3.05) is 6.54 Å². The molecule has 2 aliphatic heterocycles. The summed E-state index contributed by atoms with van der Waals surface area (Å²) in [5.41, 5.74) is 9.31. The number of rotatable bonds is 1. The van der Waals surface area contributed by atoms with Crippen LogP contribution in [0, 0.1) is 17.8 Å². The Bertz CT molecular complexity index is 684. The number of benzene rings is 1. The molecule has 2 heterocycles. The van der Waals surface area contributed by atoms with Crippen LogP contribution in [0.15, 0.2) is 18.2 Å². The molecule has 3 heteroatoms. The van der Waals surface area contributed by atoms with Crippen molar-refractivity contribution in [1.29, 1.82) is 0 Å². The first-order chi connectivity index (χ1) is 10.5. The summed E-state index contributed by atoms with van der Waals surface area (Å²) in [6, 6.07) is 7.67. The summed E-state index contributed by atoms with van der Waals surface area (Å²) in [4.78, 5) is 14.4. The molecule has 0 aromatic heterocycles. The number of amides is 1. The highest BCUT2D eigenvalue weighted by Crippen LogP contribution is 2.64. The van der Waals surface area contributed by atoms with Crippen LogP contribution < -0.4 is 5.73 Å². The molecule has 4 aliphatic rings. The van der Waals surface area contributed by atoms with E-state index < -0.39 is 0 Å². The number of hydrogen-bond acceptors (Lipinski definition) is 2. The topological polar surface area (TPSA) is 46.3 Å². The molecule has 2 saturated heterocycles. The van der Waals surface area contributed by atoms with Gasteiger partial charge in [-0.05, 0) is 79.2 Å². The highest BCUT2D eigenvalue weighted by molar-refractivity contribution is 5.93. The Kier molecular flexibility index (Phi) is 2.35. The third-order valence-corrected chi connectivity index (χ3v) is 7.40. The second-order valence-electron chi connectivity index (χ2n) is 8.24. The fourth-order valence-electron chi connectivity index (χ4n) is 6.26. The lowest BCUT2D eigenvalue weighted by molar-refractivity contribution is -0.0500. The Morgan fingerprint density at radius 2 is 2.18 bits per heavy atom. The van der Waals surface area contributed by atoms with Crippen LogP contribution >= 0.6 is 0 Å². The smallest absolute Gasteiger partial charge is 0.248 e. The Hall–Kier alpha value is -1.35. The lowest BCUT2D eigenvalue weighted by Crippen LogP contribution is -2.64. The van der Waals surface area contributed by atoms with Crippen LogP contribution in [-0.2, 0) is 11.8 Å². The molecule has 1 aromatic carbocycles. The first kappa shape index (κ1) is 13.1. The number of primary amides is 1. The summed E-state index contributed by atoms with van der Waals surface area (Å²) in [5.74, 6) is 2.30. The molecule has 2 N–H and O–H groups in total. The number of carbonyl (C=O) groups is 1. The molecule has 1 saturated carbocycles. The standard InChI is InChI=1S/C19H24N2O/c1-10-13-9-14(13)17-16-8-11-3-4-12(18(20)22)7-15(11)19(17,2)5-6-21(10)16/h3-4,7,10,13-14,16-17H,5-6,8-9H2,1-2H3,(H2,20,22)/t10-,13?,14?,16-,17+,19-/m1/s1.